The van der Waals surface area contributed by atoms with Gasteiger partial charge in [0.05, 0.1) is 12.7 Å². The molecule has 12 nitrogen and oxygen atoms in total. The number of carbonyl (C=O) groups excluding carboxylic acids is 3. The molecule has 3 aromatic rings. The van der Waals surface area contributed by atoms with Gasteiger partial charge in [-0.3, -0.25) is 19.0 Å². The highest BCUT2D eigenvalue weighted by molar-refractivity contribution is 6.06. The first-order valence-corrected chi connectivity index (χ1v) is 19.4. The minimum absolute atomic E-state index is 0.0227. The summed E-state index contributed by atoms with van der Waals surface area (Å²) in [6.45, 7) is 3.97. The van der Waals surface area contributed by atoms with Crippen LogP contribution in [0.1, 0.15) is 139 Å². The molecule has 2 amide bonds. The highest BCUT2D eigenvalue weighted by Gasteiger charge is 2.27. The minimum Gasteiger partial charge on any atom is -0.463 e. The van der Waals surface area contributed by atoms with E-state index in [2.05, 4.69) is 37.8 Å². The minimum atomic E-state index is -0.463. The molecule has 0 saturated carbocycles. The van der Waals surface area contributed by atoms with Crippen molar-refractivity contribution in [3.8, 4) is 0 Å². The maximum absolute atomic E-state index is 12.7. The van der Waals surface area contributed by atoms with Gasteiger partial charge in [-0.05, 0) is 18.6 Å². The van der Waals surface area contributed by atoms with Crippen molar-refractivity contribution in [1.82, 2.24) is 30.2 Å². The third kappa shape index (κ3) is 14.7. The number of ether oxygens (including phenoxy) is 2. The maximum atomic E-state index is 12.7. The monoisotopic (exact) mass is 705 g/mol. The molecule has 280 valence electrons. The summed E-state index contributed by atoms with van der Waals surface area (Å²) in [5.74, 6) is -0.554. The zero-order valence-electron chi connectivity index (χ0n) is 30.6. The molecule has 4 rings (SSSR count). The molecule has 1 saturated heterocycles. The number of rotatable bonds is 25. The van der Waals surface area contributed by atoms with Gasteiger partial charge in [-0.15, -0.1) is 0 Å². The van der Waals surface area contributed by atoms with Crippen molar-refractivity contribution in [3.05, 3.63) is 48.5 Å². The van der Waals surface area contributed by atoms with Crippen molar-refractivity contribution < 1.29 is 23.9 Å². The van der Waals surface area contributed by atoms with Crippen LogP contribution >= 0.6 is 0 Å². The van der Waals surface area contributed by atoms with Gasteiger partial charge in [0.25, 0.3) is 5.91 Å². The fourth-order valence-corrected chi connectivity index (χ4v) is 6.33. The zero-order valence-corrected chi connectivity index (χ0v) is 30.6. The number of morpholine rings is 1. The van der Waals surface area contributed by atoms with Crippen LogP contribution in [0.15, 0.2) is 43.0 Å². The number of anilines is 1. The number of nitrogens with zero attached hydrogens (tertiary/aromatic N) is 4. The number of unbranched alkanes of at least 4 members (excludes halogenated alkanes) is 15. The molecule has 2 aromatic heterocycles. The Labute approximate surface area is 303 Å². The third-order valence-electron chi connectivity index (χ3n) is 9.32. The van der Waals surface area contributed by atoms with Crippen LogP contribution in [-0.2, 0) is 19.1 Å². The Morgan fingerprint density at radius 2 is 1.47 bits per heavy atom. The van der Waals surface area contributed by atoms with Gasteiger partial charge in [-0.1, -0.05) is 121 Å². The second-order valence-electron chi connectivity index (χ2n) is 13.6. The molecule has 0 bridgehead atoms. The average molecular weight is 706 g/mol. The van der Waals surface area contributed by atoms with E-state index in [1.54, 1.807) is 35.2 Å². The van der Waals surface area contributed by atoms with E-state index < -0.39 is 18.3 Å². The number of carbonyl (C=O) groups is 3. The van der Waals surface area contributed by atoms with Gasteiger partial charge in [0, 0.05) is 31.6 Å². The van der Waals surface area contributed by atoms with Crippen LogP contribution in [0.4, 0.5) is 5.82 Å². The van der Waals surface area contributed by atoms with E-state index in [1.165, 1.54) is 96.2 Å². The lowest BCUT2D eigenvalue weighted by Gasteiger charge is -2.31. The first kappa shape index (κ1) is 39.9. The summed E-state index contributed by atoms with van der Waals surface area (Å²) in [5, 5.41) is 9.04. The van der Waals surface area contributed by atoms with Gasteiger partial charge in [-0.2, -0.15) is 0 Å². The molecule has 1 aromatic carbocycles. The smallest absolute Gasteiger partial charge is 0.306 e. The van der Waals surface area contributed by atoms with Crippen molar-refractivity contribution in [2.75, 3.05) is 31.6 Å². The predicted molar refractivity (Wildman–Crippen MR) is 199 cm³/mol. The Bertz CT molecular complexity index is 1450. The van der Waals surface area contributed by atoms with Gasteiger partial charge in [-0.25, -0.2) is 15.0 Å². The van der Waals surface area contributed by atoms with Crippen LogP contribution in [0.3, 0.4) is 0 Å². The van der Waals surface area contributed by atoms with E-state index in [4.69, 9.17) is 9.47 Å². The lowest BCUT2D eigenvalue weighted by Crippen LogP contribution is -2.44. The van der Waals surface area contributed by atoms with Gasteiger partial charge in [0.2, 0.25) is 5.91 Å². The lowest BCUT2D eigenvalue weighted by molar-refractivity contribution is -0.155. The van der Waals surface area contributed by atoms with Crippen LogP contribution in [0.5, 0.6) is 0 Å². The summed E-state index contributed by atoms with van der Waals surface area (Å²) in [6, 6.07) is 8.87. The molecular weight excluding hydrogens is 646 g/mol. The van der Waals surface area contributed by atoms with Gasteiger partial charge in [0.1, 0.15) is 25.3 Å². The number of hydrogen-bond donors (Lipinski definition) is 3. The molecule has 12 heteroatoms. The quantitative estimate of drug-likeness (QED) is 0.0611. The number of benzene rings is 1. The largest absolute Gasteiger partial charge is 0.463 e. The van der Waals surface area contributed by atoms with Gasteiger partial charge in [0.15, 0.2) is 17.0 Å². The normalized spacial score (nSPS) is 15.9. The zero-order chi connectivity index (χ0) is 35.9. The average Bonchev–Trinajstić information content (AvgIpc) is 3.60. The van der Waals surface area contributed by atoms with Crippen molar-refractivity contribution in [2.24, 2.45) is 0 Å². The Kier molecular flexibility index (Phi) is 18.4. The summed E-state index contributed by atoms with van der Waals surface area (Å²) in [7, 11) is 0. The second kappa shape index (κ2) is 23.6. The molecule has 0 spiro atoms. The van der Waals surface area contributed by atoms with E-state index in [0.29, 0.717) is 42.2 Å². The molecule has 1 aliphatic heterocycles. The van der Waals surface area contributed by atoms with Crippen molar-refractivity contribution in [2.45, 2.75) is 135 Å². The van der Waals surface area contributed by atoms with E-state index in [9.17, 15) is 14.4 Å². The first-order valence-electron chi connectivity index (χ1n) is 19.4. The molecule has 0 unspecified atom stereocenters. The Hall–Kier alpha value is -3.90. The first-order chi connectivity index (χ1) is 25.0. The summed E-state index contributed by atoms with van der Waals surface area (Å²) in [5.41, 5.74) is 1.45. The highest BCUT2D eigenvalue weighted by atomic mass is 16.6. The Balaban J connectivity index is 1.02. The summed E-state index contributed by atoms with van der Waals surface area (Å²) in [6.07, 6.45) is 23.3. The Morgan fingerprint density at radius 3 is 2.14 bits per heavy atom. The van der Waals surface area contributed by atoms with Crippen molar-refractivity contribution in [1.29, 1.82) is 0 Å². The fraction of sp³-hybridized carbons (Fsp3) is 0.641. The number of imidazole rings is 1. The standard InChI is InChI=1S/C39H59N7O5/c1-2-3-4-5-6-7-8-9-10-11-12-13-14-15-16-20-25-41-33(47)23-24-35(48)50-28-32-26-40-27-34(51-32)46-30-44-36-37(42-29-43-38(36)46)45-39(49)31-21-18-17-19-22-31/h17-19,21-22,29-30,32,34,40H,2-16,20,23-28H2,1H3,(H,41,47)(H,42,43,45,49)/t32-,34+/m0/s1. The molecule has 1 aliphatic rings. The molecule has 51 heavy (non-hydrogen) atoms. The number of hydrogen-bond acceptors (Lipinski definition) is 9. The highest BCUT2D eigenvalue weighted by Crippen LogP contribution is 2.24. The van der Waals surface area contributed by atoms with Crippen LogP contribution in [-0.4, -0.2) is 69.6 Å². The summed E-state index contributed by atoms with van der Waals surface area (Å²) >= 11 is 0. The summed E-state index contributed by atoms with van der Waals surface area (Å²) < 4.78 is 13.4. The molecule has 3 heterocycles. The third-order valence-corrected chi connectivity index (χ3v) is 9.32. The van der Waals surface area contributed by atoms with Crippen molar-refractivity contribution >= 4 is 34.8 Å². The number of amides is 2. The van der Waals surface area contributed by atoms with E-state index in [1.807, 2.05) is 6.07 Å². The van der Waals surface area contributed by atoms with Crippen LogP contribution < -0.4 is 16.0 Å². The molecule has 3 N–H and O–H groups in total. The van der Waals surface area contributed by atoms with E-state index >= 15 is 0 Å². The summed E-state index contributed by atoms with van der Waals surface area (Å²) in [4.78, 5) is 50.3. The molecule has 2 atom stereocenters. The number of aromatic nitrogens is 4. The van der Waals surface area contributed by atoms with Gasteiger partial charge >= 0.3 is 5.97 Å². The van der Waals surface area contributed by atoms with Crippen molar-refractivity contribution in [3.63, 3.8) is 0 Å². The number of nitrogens with one attached hydrogen (secondary N) is 3. The van der Waals surface area contributed by atoms with E-state index in [-0.39, 0.29) is 31.3 Å². The topological polar surface area (TPSA) is 149 Å². The molecule has 0 radical (unpaired) electrons. The number of esters is 1. The van der Waals surface area contributed by atoms with Gasteiger partial charge < -0.3 is 25.4 Å². The van der Waals surface area contributed by atoms with Crippen LogP contribution in [0, 0.1) is 0 Å². The molecule has 0 aliphatic carbocycles. The SMILES string of the molecule is CCCCCCCCCCCCCCCCCCNC(=O)CCC(=O)OC[C@@H]1CNC[C@H](n2cnc3c(NC(=O)c4ccccc4)ncnc32)O1. The fourth-order valence-electron chi connectivity index (χ4n) is 6.33. The van der Waals surface area contributed by atoms with Crippen LogP contribution in [0.25, 0.3) is 11.2 Å². The molecular formula is C39H59N7O5. The van der Waals surface area contributed by atoms with E-state index in [0.717, 1.165) is 12.8 Å². The molecule has 1 fully saturated rings. The second-order valence-corrected chi connectivity index (χ2v) is 13.6. The number of fused-ring (bicyclic) bond motifs is 1. The Morgan fingerprint density at radius 1 is 0.824 bits per heavy atom. The van der Waals surface area contributed by atoms with Crippen LogP contribution in [0.2, 0.25) is 0 Å². The lowest BCUT2D eigenvalue weighted by atomic mass is 10.0. The maximum Gasteiger partial charge on any atom is 0.306 e. The predicted octanol–water partition coefficient (Wildman–Crippen LogP) is 7.27.